The van der Waals surface area contributed by atoms with Crippen LogP contribution in [0.25, 0.3) is 0 Å². The molecular formula is C14H23N3O2S. The molecule has 6 heteroatoms. The number of aryl methyl sites for hydroxylation is 1. The van der Waals surface area contributed by atoms with Gasteiger partial charge in [-0.25, -0.2) is 4.79 Å². The van der Waals surface area contributed by atoms with Crippen molar-refractivity contribution in [2.24, 2.45) is 0 Å². The van der Waals surface area contributed by atoms with E-state index in [0.717, 1.165) is 22.8 Å². The van der Waals surface area contributed by atoms with Crippen LogP contribution >= 0.6 is 11.8 Å². The van der Waals surface area contributed by atoms with Crippen LogP contribution in [-0.2, 0) is 12.8 Å². The average molecular weight is 297 g/mol. The number of carboxylic acid groups (broad SMARTS) is 1. The quantitative estimate of drug-likeness (QED) is 0.768. The van der Waals surface area contributed by atoms with Crippen molar-refractivity contribution in [2.75, 3.05) is 16.8 Å². The molecule has 0 aliphatic heterocycles. The number of rotatable bonds is 8. The Morgan fingerprint density at radius 3 is 2.50 bits per heavy atom. The molecule has 0 aliphatic rings. The average Bonchev–Trinajstić information content (AvgIpc) is 2.43. The van der Waals surface area contributed by atoms with Gasteiger partial charge in [-0.3, -0.25) is 0 Å². The first kappa shape index (κ1) is 16.8. The molecule has 0 amide bonds. The van der Waals surface area contributed by atoms with Crippen molar-refractivity contribution in [3.05, 3.63) is 16.8 Å². The molecule has 1 heterocycles. The van der Waals surface area contributed by atoms with Crippen LogP contribution in [0.3, 0.4) is 0 Å². The summed E-state index contributed by atoms with van der Waals surface area (Å²) in [5, 5.41) is 20.9. The predicted octanol–water partition coefficient (Wildman–Crippen LogP) is 2.85. The number of nitrogens with one attached hydrogen (secondary N) is 1. The molecule has 1 aromatic rings. The first-order valence-corrected chi connectivity index (χ1v) is 8.16. The molecule has 0 saturated carbocycles. The van der Waals surface area contributed by atoms with E-state index in [0.29, 0.717) is 18.7 Å². The molecule has 1 rings (SSSR count). The second kappa shape index (κ2) is 8.09. The molecule has 0 aromatic carbocycles. The Bertz CT molecular complexity index is 466. The number of hydrogen-bond acceptors (Lipinski definition) is 5. The lowest BCUT2D eigenvalue weighted by molar-refractivity contribution is 0.0696. The maximum absolute atomic E-state index is 11.6. The first-order valence-electron chi connectivity index (χ1n) is 7.00. The van der Waals surface area contributed by atoms with Gasteiger partial charge in [0.2, 0.25) is 0 Å². The fourth-order valence-electron chi connectivity index (χ4n) is 2.07. The second-order valence-corrected chi connectivity index (χ2v) is 5.88. The molecule has 2 N–H and O–H groups in total. The van der Waals surface area contributed by atoms with Gasteiger partial charge in [0, 0.05) is 11.8 Å². The Morgan fingerprint density at radius 1 is 1.30 bits per heavy atom. The molecule has 5 nitrogen and oxygen atoms in total. The van der Waals surface area contributed by atoms with Gasteiger partial charge in [0.15, 0.2) is 5.82 Å². The molecule has 0 bridgehead atoms. The summed E-state index contributed by atoms with van der Waals surface area (Å²) < 4.78 is 0. The van der Waals surface area contributed by atoms with Crippen LogP contribution in [0.2, 0.25) is 0 Å². The van der Waals surface area contributed by atoms with Crippen LogP contribution in [0, 0.1) is 0 Å². The van der Waals surface area contributed by atoms with Gasteiger partial charge in [-0.2, -0.15) is 16.9 Å². The highest BCUT2D eigenvalue weighted by molar-refractivity contribution is 7.99. The van der Waals surface area contributed by atoms with E-state index in [4.69, 9.17) is 0 Å². The standard InChI is InChI=1S/C14H23N3O2S/c1-5-10-11(6-2)16-17-13(12(10)14(18)19)15-9(4)8-20-7-3/h9H,5-8H2,1-4H3,(H,15,17)(H,18,19). The summed E-state index contributed by atoms with van der Waals surface area (Å²) in [7, 11) is 0. The number of thioether (sulfide) groups is 1. The Hall–Kier alpha value is -1.30. The van der Waals surface area contributed by atoms with Crippen LogP contribution < -0.4 is 5.32 Å². The minimum absolute atomic E-state index is 0.157. The summed E-state index contributed by atoms with van der Waals surface area (Å²) in [4.78, 5) is 11.6. The van der Waals surface area contributed by atoms with Gasteiger partial charge in [-0.1, -0.05) is 20.8 Å². The second-order valence-electron chi connectivity index (χ2n) is 4.57. The minimum Gasteiger partial charge on any atom is -0.478 e. The van der Waals surface area contributed by atoms with Gasteiger partial charge < -0.3 is 10.4 Å². The zero-order valence-corrected chi connectivity index (χ0v) is 13.4. The fraction of sp³-hybridized carbons (Fsp3) is 0.643. The van der Waals surface area contributed by atoms with Gasteiger partial charge in [0.25, 0.3) is 0 Å². The third kappa shape index (κ3) is 4.10. The van der Waals surface area contributed by atoms with E-state index in [9.17, 15) is 9.90 Å². The van der Waals surface area contributed by atoms with Crippen LogP contribution in [0.5, 0.6) is 0 Å². The van der Waals surface area contributed by atoms with E-state index in [1.807, 2.05) is 32.5 Å². The van der Waals surface area contributed by atoms with Gasteiger partial charge in [0.05, 0.1) is 5.69 Å². The molecule has 0 saturated heterocycles. The fourth-order valence-corrected chi connectivity index (χ4v) is 2.75. The third-order valence-electron chi connectivity index (χ3n) is 3.02. The molecule has 0 aliphatic carbocycles. The number of carbonyl (C=O) groups is 1. The highest BCUT2D eigenvalue weighted by Gasteiger charge is 2.21. The van der Waals surface area contributed by atoms with E-state index in [2.05, 4.69) is 22.4 Å². The van der Waals surface area contributed by atoms with E-state index < -0.39 is 5.97 Å². The summed E-state index contributed by atoms with van der Waals surface area (Å²) in [5.41, 5.74) is 1.83. The van der Waals surface area contributed by atoms with Crippen molar-refractivity contribution in [3.63, 3.8) is 0 Å². The Morgan fingerprint density at radius 2 is 2.00 bits per heavy atom. The van der Waals surface area contributed by atoms with E-state index in [1.165, 1.54) is 0 Å². The molecule has 1 unspecified atom stereocenters. The van der Waals surface area contributed by atoms with Gasteiger partial charge >= 0.3 is 5.97 Å². The minimum atomic E-state index is -0.940. The zero-order valence-electron chi connectivity index (χ0n) is 12.6. The van der Waals surface area contributed by atoms with Gasteiger partial charge in [-0.15, -0.1) is 5.10 Å². The zero-order chi connectivity index (χ0) is 15.1. The lowest BCUT2D eigenvalue weighted by Crippen LogP contribution is -2.23. The Kier molecular flexibility index (Phi) is 6.78. The number of anilines is 1. The third-order valence-corrected chi connectivity index (χ3v) is 4.16. The normalized spacial score (nSPS) is 12.2. The predicted molar refractivity (Wildman–Crippen MR) is 83.8 cm³/mol. The summed E-state index contributed by atoms with van der Waals surface area (Å²) in [6.07, 6.45) is 1.34. The Labute approximate surface area is 124 Å². The topological polar surface area (TPSA) is 75.1 Å². The maximum Gasteiger partial charge on any atom is 0.339 e. The molecule has 112 valence electrons. The lowest BCUT2D eigenvalue weighted by atomic mass is 10.0. The number of carboxylic acids is 1. The van der Waals surface area contributed by atoms with Crippen LogP contribution in [-0.4, -0.2) is 38.8 Å². The van der Waals surface area contributed by atoms with Crippen molar-refractivity contribution in [2.45, 2.75) is 46.6 Å². The maximum atomic E-state index is 11.6. The molecule has 0 fully saturated rings. The van der Waals surface area contributed by atoms with Crippen LogP contribution in [0.4, 0.5) is 5.82 Å². The molecule has 20 heavy (non-hydrogen) atoms. The number of nitrogens with zero attached hydrogens (tertiary/aromatic N) is 2. The number of aromatic nitrogens is 2. The van der Waals surface area contributed by atoms with E-state index in [1.54, 1.807) is 0 Å². The number of aromatic carboxylic acids is 1. The summed E-state index contributed by atoms with van der Waals surface area (Å²) in [5.74, 6) is 1.40. The SMILES string of the molecule is CCSCC(C)Nc1nnc(CC)c(CC)c1C(=O)O. The molecule has 0 radical (unpaired) electrons. The monoisotopic (exact) mass is 297 g/mol. The highest BCUT2D eigenvalue weighted by Crippen LogP contribution is 2.22. The molecule has 1 aromatic heterocycles. The van der Waals surface area contributed by atoms with Gasteiger partial charge in [-0.05, 0) is 31.1 Å². The number of hydrogen-bond donors (Lipinski definition) is 2. The van der Waals surface area contributed by atoms with Crippen LogP contribution in [0.1, 0.15) is 49.3 Å². The highest BCUT2D eigenvalue weighted by atomic mass is 32.2. The van der Waals surface area contributed by atoms with Crippen molar-refractivity contribution in [3.8, 4) is 0 Å². The molecular weight excluding hydrogens is 274 g/mol. The van der Waals surface area contributed by atoms with Crippen molar-refractivity contribution >= 4 is 23.5 Å². The first-order chi connectivity index (χ1) is 9.54. The lowest BCUT2D eigenvalue weighted by Gasteiger charge is -2.17. The van der Waals surface area contributed by atoms with E-state index in [-0.39, 0.29) is 11.6 Å². The molecule has 0 spiro atoms. The molecule has 1 atom stereocenters. The van der Waals surface area contributed by atoms with Crippen molar-refractivity contribution in [1.82, 2.24) is 10.2 Å². The van der Waals surface area contributed by atoms with Crippen LogP contribution in [0.15, 0.2) is 0 Å². The van der Waals surface area contributed by atoms with Crippen molar-refractivity contribution < 1.29 is 9.90 Å². The Balaban J connectivity index is 3.09. The summed E-state index contributed by atoms with van der Waals surface area (Å²) in [6, 6.07) is 0.157. The smallest absolute Gasteiger partial charge is 0.339 e. The summed E-state index contributed by atoms with van der Waals surface area (Å²) >= 11 is 1.81. The summed E-state index contributed by atoms with van der Waals surface area (Å²) in [6.45, 7) is 8.03. The largest absolute Gasteiger partial charge is 0.478 e. The van der Waals surface area contributed by atoms with E-state index >= 15 is 0 Å². The van der Waals surface area contributed by atoms with Gasteiger partial charge in [0.1, 0.15) is 5.56 Å². The van der Waals surface area contributed by atoms with Crippen molar-refractivity contribution in [1.29, 1.82) is 0 Å².